The number of aliphatic hydroxyl groups excluding tert-OH is 1. The molecule has 0 aliphatic rings. The van der Waals surface area contributed by atoms with Crippen LogP contribution in [0, 0.1) is 0 Å². The molecule has 0 saturated carbocycles. The van der Waals surface area contributed by atoms with E-state index in [1.54, 1.807) is 6.20 Å². The lowest BCUT2D eigenvalue weighted by atomic mass is 10.1. The van der Waals surface area contributed by atoms with E-state index in [0.717, 1.165) is 28.8 Å². The number of nitrogens with zero attached hydrogens (tertiary/aromatic N) is 1. The summed E-state index contributed by atoms with van der Waals surface area (Å²) in [7, 11) is 0. The molecule has 2 N–H and O–H groups in total. The lowest BCUT2D eigenvalue weighted by Crippen LogP contribution is -2.06. The average molecular weight is 307 g/mol. The fourth-order valence-electron chi connectivity index (χ4n) is 1.63. The van der Waals surface area contributed by atoms with Crippen LogP contribution in [0.25, 0.3) is 0 Å². The Morgan fingerprint density at radius 1 is 1.06 bits per heavy atom. The number of pyridine rings is 1. The molecule has 3 nitrogen and oxygen atoms in total. The maximum absolute atomic E-state index is 8.95. The highest BCUT2D eigenvalue weighted by atomic mass is 79.9. The summed E-state index contributed by atoms with van der Waals surface area (Å²) in [5.74, 6) is 0.880. The van der Waals surface area contributed by atoms with Gasteiger partial charge in [-0.15, -0.1) is 0 Å². The van der Waals surface area contributed by atoms with Crippen LogP contribution in [0.4, 0.5) is 5.82 Å². The number of aliphatic hydroxyl groups is 1. The van der Waals surface area contributed by atoms with Crippen molar-refractivity contribution in [3.63, 3.8) is 0 Å². The van der Waals surface area contributed by atoms with Gasteiger partial charge in [-0.2, -0.15) is 0 Å². The molecular formula is C14H15BrN2O. The van der Waals surface area contributed by atoms with Crippen molar-refractivity contribution in [1.82, 2.24) is 4.98 Å². The number of hydrogen-bond donors (Lipinski definition) is 2. The van der Waals surface area contributed by atoms with E-state index in [4.69, 9.17) is 5.11 Å². The summed E-state index contributed by atoms with van der Waals surface area (Å²) >= 11 is 3.35. The van der Waals surface area contributed by atoms with Crippen molar-refractivity contribution < 1.29 is 5.11 Å². The standard InChI is InChI=1S/C14H15BrN2O/c15-13-5-6-14(17-9-13)16-8-7-11-1-3-12(10-18)4-2-11/h1-6,9,18H,7-8,10H2,(H,16,17). The van der Waals surface area contributed by atoms with Crippen molar-refractivity contribution in [2.75, 3.05) is 11.9 Å². The molecule has 0 atom stereocenters. The van der Waals surface area contributed by atoms with Crippen LogP contribution in [0.15, 0.2) is 47.1 Å². The molecule has 0 spiro atoms. The maximum Gasteiger partial charge on any atom is 0.125 e. The first-order chi connectivity index (χ1) is 8.78. The molecule has 0 bridgehead atoms. The second kappa shape index (κ2) is 6.52. The molecule has 1 heterocycles. The molecular weight excluding hydrogens is 292 g/mol. The highest BCUT2D eigenvalue weighted by Gasteiger charge is 1.96. The van der Waals surface area contributed by atoms with Gasteiger partial charge >= 0.3 is 0 Å². The van der Waals surface area contributed by atoms with E-state index in [1.165, 1.54) is 5.56 Å². The van der Waals surface area contributed by atoms with Gasteiger partial charge < -0.3 is 10.4 Å². The number of rotatable bonds is 5. The second-order valence-electron chi connectivity index (χ2n) is 4.01. The Labute approximate surface area is 115 Å². The molecule has 0 radical (unpaired) electrons. The largest absolute Gasteiger partial charge is 0.392 e. The Hall–Kier alpha value is -1.39. The molecule has 94 valence electrons. The van der Waals surface area contributed by atoms with Crippen molar-refractivity contribution in [1.29, 1.82) is 0 Å². The van der Waals surface area contributed by atoms with Gasteiger partial charge in [-0.05, 0) is 45.6 Å². The van der Waals surface area contributed by atoms with Crippen molar-refractivity contribution in [3.8, 4) is 0 Å². The van der Waals surface area contributed by atoms with Gasteiger partial charge in [0.15, 0.2) is 0 Å². The zero-order chi connectivity index (χ0) is 12.8. The zero-order valence-electron chi connectivity index (χ0n) is 9.94. The molecule has 2 aromatic rings. The van der Waals surface area contributed by atoms with Crippen molar-refractivity contribution >= 4 is 21.7 Å². The summed E-state index contributed by atoms with van der Waals surface area (Å²) in [4.78, 5) is 4.25. The summed E-state index contributed by atoms with van der Waals surface area (Å²) in [5.41, 5.74) is 2.19. The zero-order valence-corrected chi connectivity index (χ0v) is 11.5. The third-order valence-corrected chi connectivity index (χ3v) is 3.12. The molecule has 1 aromatic carbocycles. The van der Waals surface area contributed by atoms with Gasteiger partial charge in [0.05, 0.1) is 6.61 Å². The fraction of sp³-hybridized carbons (Fsp3) is 0.214. The van der Waals surface area contributed by atoms with E-state index < -0.39 is 0 Å². The SMILES string of the molecule is OCc1ccc(CCNc2ccc(Br)cn2)cc1. The van der Waals surface area contributed by atoms with E-state index in [0.29, 0.717) is 0 Å². The molecule has 0 fully saturated rings. The van der Waals surface area contributed by atoms with E-state index in [1.807, 2.05) is 36.4 Å². The van der Waals surface area contributed by atoms with Gasteiger partial charge in [0, 0.05) is 17.2 Å². The first kappa shape index (κ1) is 13.1. The van der Waals surface area contributed by atoms with Crippen molar-refractivity contribution in [2.24, 2.45) is 0 Å². The molecule has 0 aliphatic carbocycles. The lowest BCUT2D eigenvalue weighted by Gasteiger charge is -2.06. The van der Waals surface area contributed by atoms with Crippen LogP contribution < -0.4 is 5.32 Å². The van der Waals surface area contributed by atoms with E-state index in [9.17, 15) is 0 Å². The predicted molar refractivity (Wildman–Crippen MR) is 76.5 cm³/mol. The number of anilines is 1. The van der Waals surface area contributed by atoms with Crippen LogP contribution in [0.1, 0.15) is 11.1 Å². The van der Waals surface area contributed by atoms with Crippen LogP contribution in [0.3, 0.4) is 0 Å². The summed E-state index contributed by atoms with van der Waals surface area (Å²) in [6.07, 6.45) is 2.71. The third kappa shape index (κ3) is 3.82. The predicted octanol–water partition coefficient (Wildman–Crippen LogP) is 2.99. The van der Waals surface area contributed by atoms with Crippen LogP contribution in [0.2, 0.25) is 0 Å². The molecule has 0 amide bonds. The Morgan fingerprint density at radius 2 is 1.78 bits per heavy atom. The number of halogens is 1. The highest BCUT2D eigenvalue weighted by Crippen LogP contribution is 2.11. The first-order valence-corrected chi connectivity index (χ1v) is 6.61. The minimum atomic E-state index is 0.0986. The van der Waals surface area contributed by atoms with Crippen molar-refractivity contribution in [3.05, 3.63) is 58.2 Å². The van der Waals surface area contributed by atoms with E-state index in [2.05, 4.69) is 26.2 Å². The molecule has 1 aromatic heterocycles. The van der Waals surface area contributed by atoms with Crippen molar-refractivity contribution in [2.45, 2.75) is 13.0 Å². The Kier molecular flexibility index (Phi) is 4.73. The highest BCUT2D eigenvalue weighted by molar-refractivity contribution is 9.10. The van der Waals surface area contributed by atoms with Gasteiger partial charge in [0.1, 0.15) is 5.82 Å². The number of hydrogen-bond acceptors (Lipinski definition) is 3. The number of nitrogens with one attached hydrogen (secondary N) is 1. The molecule has 18 heavy (non-hydrogen) atoms. The molecule has 4 heteroatoms. The van der Waals surface area contributed by atoms with Crippen LogP contribution in [-0.2, 0) is 13.0 Å². The van der Waals surface area contributed by atoms with E-state index >= 15 is 0 Å². The minimum Gasteiger partial charge on any atom is -0.392 e. The Morgan fingerprint density at radius 3 is 2.39 bits per heavy atom. The average Bonchev–Trinajstić information content (AvgIpc) is 2.42. The molecule has 0 saturated heterocycles. The van der Waals surface area contributed by atoms with Gasteiger partial charge in [0.25, 0.3) is 0 Å². The fourth-order valence-corrected chi connectivity index (χ4v) is 1.86. The first-order valence-electron chi connectivity index (χ1n) is 5.82. The Balaban J connectivity index is 1.82. The van der Waals surface area contributed by atoms with Gasteiger partial charge in [-0.25, -0.2) is 4.98 Å². The van der Waals surface area contributed by atoms with E-state index in [-0.39, 0.29) is 6.61 Å². The summed E-state index contributed by atoms with van der Waals surface area (Å²) in [5, 5.41) is 12.2. The van der Waals surface area contributed by atoms with Gasteiger partial charge in [-0.3, -0.25) is 0 Å². The smallest absolute Gasteiger partial charge is 0.125 e. The maximum atomic E-state index is 8.95. The quantitative estimate of drug-likeness (QED) is 0.892. The number of aromatic nitrogens is 1. The minimum absolute atomic E-state index is 0.0986. The summed E-state index contributed by atoms with van der Waals surface area (Å²) in [6, 6.07) is 11.9. The van der Waals surface area contributed by atoms with Gasteiger partial charge in [0.2, 0.25) is 0 Å². The van der Waals surface area contributed by atoms with Crippen LogP contribution in [0.5, 0.6) is 0 Å². The molecule has 0 aliphatic heterocycles. The normalized spacial score (nSPS) is 10.3. The number of benzene rings is 1. The monoisotopic (exact) mass is 306 g/mol. The van der Waals surface area contributed by atoms with Gasteiger partial charge in [-0.1, -0.05) is 24.3 Å². The molecule has 2 rings (SSSR count). The summed E-state index contributed by atoms with van der Waals surface area (Å²) in [6.45, 7) is 0.939. The van der Waals surface area contributed by atoms with Crippen LogP contribution in [-0.4, -0.2) is 16.6 Å². The third-order valence-electron chi connectivity index (χ3n) is 2.65. The second-order valence-corrected chi connectivity index (χ2v) is 4.93. The van der Waals surface area contributed by atoms with Crippen LogP contribution >= 0.6 is 15.9 Å². The topological polar surface area (TPSA) is 45.1 Å². The molecule has 0 unspecified atom stereocenters. The summed E-state index contributed by atoms with van der Waals surface area (Å²) < 4.78 is 0.979. The lowest BCUT2D eigenvalue weighted by molar-refractivity contribution is 0.282. The Bertz CT molecular complexity index is 482.